The van der Waals surface area contributed by atoms with Gasteiger partial charge in [-0.2, -0.15) is 0 Å². The Balaban J connectivity index is 1.68. The molecule has 27 heavy (non-hydrogen) atoms. The fourth-order valence-corrected chi connectivity index (χ4v) is 3.89. The Morgan fingerprint density at radius 3 is 2.48 bits per heavy atom. The predicted molar refractivity (Wildman–Crippen MR) is 107 cm³/mol. The highest BCUT2D eigenvalue weighted by Gasteiger charge is 2.25. The fraction of sp³-hybridized carbons (Fsp3) is 0.211. The van der Waals surface area contributed by atoms with Crippen LogP contribution in [0.3, 0.4) is 0 Å². The van der Waals surface area contributed by atoms with E-state index in [1.54, 1.807) is 11.3 Å². The van der Waals surface area contributed by atoms with Gasteiger partial charge in [-0.15, -0.1) is 22.7 Å². The molecule has 2 aromatic heterocycles. The predicted octanol–water partition coefficient (Wildman–Crippen LogP) is 4.40. The smallest absolute Gasteiger partial charge is 0.251 e. The second kappa shape index (κ2) is 8.41. The summed E-state index contributed by atoms with van der Waals surface area (Å²) < 4.78 is 13.0. The van der Waals surface area contributed by atoms with Gasteiger partial charge in [-0.25, -0.2) is 9.37 Å². The monoisotopic (exact) mass is 403 g/mol. The lowest BCUT2D eigenvalue weighted by molar-refractivity contribution is -0.118. The third-order valence-electron chi connectivity index (χ3n) is 3.85. The number of nitrogens with zero attached hydrogens (tertiary/aromatic N) is 1. The summed E-state index contributed by atoms with van der Waals surface area (Å²) in [4.78, 5) is 30.5. The molecular formula is C19H18FN3O2S2. The molecule has 0 bridgehead atoms. The van der Waals surface area contributed by atoms with Crippen LogP contribution in [-0.2, 0) is 4.79 Å². The first-order chi connectivity index (χ1) is 12.9. The molecule has 0 saturated carbocycles. The molecule has 140 valence electrons. The summed E-state index contributed by atoms with van der Waals surface area (Å²) in [5, 5.41) is 9.80. The van der Waals surface area contributed by atoms with Crippen molar-refractivity contribution < 1.29 is 14.0 Å². The third kappa shape index (κ3) is 4.78. The number of hydrogen-bond acceptors (Lipinski definition) is 5. The number of carbonyl (C=O) groups is 2. The maximum atomic E-state index is 13.0. The summed E-state index contributed by atoms with van der Waals surface area (Å²) in [6.45, 7) is 3.68. The average molecular weight is 404 g/mol. The molecule has 5 nitrogen and oxygen atoms in total. The molecule has 3 aromatic rings. The van der Waals surface area contributed by atoms with E-state index in [1.165, 1.54) is 35.6 Å². The zero-order chi connectivity index (χ0) is 19.4. The molecule has 3 rings (SSSR count). The van der Waals surface area contributed by atoms with Gasteiger partial charge in [0.1, 0.15) is 11.9 Å². The molecule has 0 aliphatic heterocycles. The van der Waals surface area contributed by atoms with Crippen LogP contribution in [0.4, 0.5) is 9.52 Å². The lowest BCUT2D eigenvalue weighted by Gasteiger charge is -2.21. The topological polar surface area (TPSA) is 71.1 Å². The van der Waals surface area contributed by atoms with Gasteiger partial charge >= 0.3 is 0 Å². The molecular weight excluding hydrogens is 385 g/mol. The highest BCUT2D eigenvalue weighted by Crippen LogP contribution is 2.28. The lowest BCUT2D eigenvalue weighted by atomic mass is 10.0. The molecule has 0 saturated heterocycles. The van der Waals surface area contributed by atoms with Gasteiger partial charge in [0, 0.05) is 10.9 Å². The van der Waals surface area contributed by atoms with Crippen LogP contribution < -0.4 is 10.6 Å². The molecule has 8 heteroatoms. The molecule has 1 atom stereocenters. The number of nitrogens with one attached hydrogen (secondary N) is 2. The molecule has 2 heterocycles. The number of rotatable bonds is 6. The summed E-state index contributed by atoms with van der Waals surface area (Å²) in [5.74, 6) is -1.32. The molecule has 2 amide bonds. The zero-order valence-corrected chi connectivity index (χ0v) is 16.4. The van der Waals surface area contributed by atoms with Crippen molar-refractivity contribution in [2.75, 3.05) is 5.32 Å². The van der Waals surface area contributed by atoms with Crippen LogP contribution in [0.5, 0.6) is 0 Å². The number of hydrogen-bond donors (Lipinski definition) is 2. The van der Waals surface area contributed by atoms with Crippen molar-refractivity contribution in [3.63, 3.8) is 0 Å². The SMILES string of the molecule is CC(C)C(NC(=O)c1ccc(F)cc1)C(=O)Nc1nc(-c2cccs2)cs1. The van der Waals surface area contributed by atoms with Gasteiger partial charge in [-0.3, -0.25) is 9.59 Å². The first-order valence-corrected chi connectivity index (χ1v) is 10.1. The number of anilines is 1. The Morgan fingerprint density at radius 2 is 1.85 bits per heavy atom. The second-order valence-electron chi connectivity index (χ2n) is 6.21. The molecule has 1 unspecified atom stereocenters. The fourth-order valence-electron chi connectivity index (χ4n) is 2.41. The summed E-state index contributed by atoms with van der Waals surface area (Å²) in [7, 11) is 0. The summed E-state index contributed by atoms with van der Waals surface area (Å²) in [5.41, 5.74) is 1.10. The standard InChI is InChI=1S/C19H18FN3O2S2/c1-11(2)16(22-17(24)12-5-7-13(20)8-6-12)18(25)23-19-21-14(10-27-19)15-4-3-9-26-15/h3-11,16H,1-2H3,(H,22,24)(H,21,23,25). The Morgan fingerprint density at radius 1 is 1.11 bits per heavy atom. The van der Waals surface area contributed by atoms with Crippen molar-refractivity contribution in [3.8, 4) is 10.6 Å². The molecule has 0 fully saturated rings. The maximum Gasteiger partial charge on any atom is 0.251 e. The first kappa shape index (κ1) is 19.2. The Kier molecular flexibility index (Phi) is 5.98. The number of aromatic nitrogens is 1. The summed E-state index contributed by atoms with van der Waals surface area (Å²) >= 11 is 2.91. The number of halogens is 1. The lowest BCUT2D eigenvalue weighted by Crippen LogP contribution is -2.47. The van der Waals surface area contributed by atoms with Gasteiger partial charge in [0.05, 0.1) is 10.6 Å². The van der Waals surface area contributed by atoms with Crippen LogP contribution in [0.25, 0.3) is 10.6 Å². The van der Waals surface area contributed by atoms with Crippen LogP contribution >= 0.6 is 22.7 Å². The minimum absolute atomic E-state index is 0.133. The zero-order valence-electron chi connectivity index (χ0n) is 14.7. The van der Waals surface area contributed by atoms with E-state index in [0.29, 0.717) is 10.7 Å². The van der Waals surface area contributed by atoms with E-state index in [-0.39, 0.29) is 11.8 Å². The van der Waals surface area contributed by atoms with E-state index in [0.717, 1.165) is 10.6 Å². The highest BCUT2D eigenvalue weighted by atomic mass is 32.1. The minimum atomic E-state index is -0.739. The number of carbonyl (C=O) groups excluding carboxylic acids is 2. The average Bonchev–Trinajstić information content (AvgIpc) is 3.31. The number of amides is 2. The summed E-state index contributed by atoms with van der Waals surface area (Å²) in [6.07, 6.45) is 0. The van der Waals surface area contributed by atoms with Crippen LogP contribution in [0.1, 0.15) is 24.2 Å². The Hall–Kier alpha value is -2.58. The van der Waals surface area contributed by atoms with E-state index in [2.05, 4.69) is 15.6 Å². The second-order valence-corrected chi connectivity index (χ2v) is 8.01. The number of thiazole rings is 1. The molecule has 0 spiro atoms. The van der Waals surface area contributed by atoms with Crippen molar-refractivity contribution in [1.82, 2.24) is 10.3 Å². The molecule has 0 aliphatic carbocycles. The van der Waals surface area contributed by atoms with Crippen LogP contribution in [-0.4, -0.2) is 22.8 Å². The number of thiophene rings is 1. The summed E-state index contributed by atoms with van der Waals surface area (Å²) in [6, 6.07) is 8.35. The van der Waals surface area contributed by atoms with E-state index in [4.69, 9.17) is 0 Å². The van der Waals surface area contributed by atoms with Crippen molar-refractivity contribution >= 4 is 39.6 Å². The van der Waals surface area contributed by atoms with Crippen LogP contribution in [0.15, 0.2) is 47.2 Å². The highest BCUT2D eigenvalue weighted by molar-refractivity contribution is 7.16. The van der Waals surface area contributed by atoms with Gasteiger partial charge in [0.25, 0.3) is 5.91 Å². The molecule has 0 aliphatic rings. The Bertz CT molecular complexity index is 921. The van der Waals surface area contributed by atoms with Crippen molar-refractivity contribution in [2.45, 2.75) is 19.9 Å². The van der Waals surface area contributed by atoms with Gasteiger partial charge in [0.2, 0.25) is 5.91 Å². The van der Waals surface area contributed by atoms with E-state index in [9.17, 15) is 14.0 Å². The van der Waals surface area contributed by atoms with E-state index in [1.807, 2.05) is 36.7 Å². The van der Waals surface area contributed by atoms with Gasteiger partial charge < -0.3 is 10.6 Å². The van der Waals surface area contributed by atoms with Crippen molar-refractivity contribution in [3.05, 3.63) is 58.5 Å². The van der Waals surface area contributed by atoms with Crippen molar-refractivity contribution in [2.24, 2.45) is 5.92 Å². The maximum absolute atomic E-state index is 13.0. The molecule has 2 N–H and O–H groups in total. The largest absolute Gasteiger partial charge is 0.340 e. The molecule has 1 aromatic carbocycles. The van der Waals surface area contributed by atoms with Gasteiger partial charge in [-0.1, -0.05) is 19.9 Å². The first-order valence-electron chi connectivity index (χ1n) is 8.30. The number of benzene rings is 1. The van der Waals surface area contributed by atoms with E-state index >= 15 is 0 Å². The van der Waals surface area contributed by atoms with Gasteiger partial charge in [0.15, 0.2) is 5.13 Å². The van der Waals surface area contributed by atoms with Crippen molar-refractivity contribution in [1.29, 1.82) is 0 Å². The Labute approximate surface area is 164 Å². The van der Waals surface area contributed by atoms with Crippen LogP contribution in [0.2, 0.25) is 0 Å². The molecule has 0 radical (unpaired) electrons. The quantitative estimate of drug-likeness (QED) is 0.641. The normalized spacial score (nSPS) is 12.0. The van der Waals surface area contributed by atoms with Gasteiger partial charge in [-0.05, 0) is 41.6 Å². The van der Waals surface area contributed by atoms with E-state index < -0.39 is 17.8 Å². The minimum Gasteiger partial charge on any atom is -0.340 e. The van der Waals surface area contributed by atoms with Crippen LogP contribution in [0, 0.1) is 11.7 Å². The third-order valence-corrected chi connectivity index (χ3v) is 5.50.